The number of rotatable bonds is 39. The molecule has 1 rings (SSSR count). The van der Waals surface area contributed by atoms with Crippen LogP contribution in [0, 0.1) is 11.8 Å². The topological polar surface area (TPSA) is 200 Å². The van der Waals surface area contributed by atoms with Gasteiger partial charge in [0, 0.05) is 19.4 Å². The van der Waals surface area contributed by atoms with Crippen molar-refractivity contribution in [3.63, 3.8) is 0 Å². The summed E-state index contributed by atoms with van der Waals surface area (Å²) in [4.78, 5) is 54.1. The second kappa shape index (κ2) is 34.4. The average molecular weight is 854 g/mol. The molecule has 0 radical (unpaired) electrons. The zero-order chi connectivity index (χ0) is 44.6. The fourth-order valence-corrected chi connectivity index (χ4v) is 8.61. The summed E-state index contributed by atoms with van der Waals surface area (Å²) in [5.74, 6) is -6.87. The maximum Gasteiger partial charge on any atom is 0.303 e. The Kier molecular flexibility index (Phi) is 32.0. The fourth-order valence-electron chi connectivity index (χ4n) is 8.61. The van der Waals surface area contributed by atoms with E-state index < -0.39 is 66.8 Å². The highest BCUT2D eigenvalue weighted by Gasteiger charge is 2.59. The molecular weight excluding hydrogens is 763 g/mol. The number of Topliss-reactive ketones (excluding diaryl/α,β-unsaturated/α-hetero) is 1. The number of nitrogens with zero attached hydrogens (tertiary/aromatic N) is 1. The van der Waals surface area contributed by atoms with Crippen molar-refractivity contribution in [3.8, 4) is 0 Å². The van der Waals surface area contributed by atoms with Crippen LogP contribution in [0.5, 0.6) is 0 Å². The van der Waals surface area contributed by atoms with Crippen LogP contribution >= 0.6 is 0 Å². The van der Waals surface area contributed by atoms with E-state index in [0.29, 0.717) is 12.8 Å². The molecule has 0 aromatic heterocycles. The monoisotopic (exact) mass is 854 g/mol. The Morgan fingerprint density at radius 1 is 0.633 bits per heavy atom. The van der Waals surface area contributed by atoms with Crippen molar-refractivity contribution in [2.45, 2.75) is 257 Å². The summed E-state index contributed by atoms with van der Waals surface area (Å²) in [6.07, 6.45) is 26.0. The molecular formula is C48H91N3O9. The van der Waals surface area contributed by atoms with Gasteiger partial charge in [-0.3, -0.25) is 24.9 Å². The predicted octanol–water partition coefficient (Wildman–Crippen LogP) is 9.08. The van der Waals surface area contributed by atoms with E-state index in [0.717, 1.165) is 44.9 Å². The first kappa shape index (κ1) is 55.9. The van der Waals surface area contributed by atoms with Gasteiger partial charge in [0.1, 0.15) is 18.1 Å². The number of carboxylic acid groups (broad SMARTS) is 1. The number of carboxylic acids is 1. The molecule has 7 N–H and O–H groups in total. The average Bonchev–Trinajstić information content (AvgIpc) is 3.21. The zero-order valence-electron chi connectivity index (χ0n) is 38.7. The zero-order valence-corrected chi connectivity index (χ0v) is 38.7. The number of ether oxygens (including phenoxy) is 1. The first-order chi connectivity index (χ1) is 28.8. The minimum absolute atomic E-state index is 0.105. The van der Waals surface area contributed by atoms with Gasteiger partial charge in [-0.25, -0.2) is 0 Å². The number of hydrogen-bond donors (Lipinski definition) is 6. The minimum atomic E-state index is -2.23. The number of carbonyl (C=O) groups excluding carboxylic acids is 3. The molecule has 1 aliphatic heterocycles. The van der Waals surface area contributed by atoms with Gasteiger partial charge < -0.3 is 35.4 Å². The van der Waals surface area contributed by atoms with Crippen LogP contribution in [0.3, 0.4) is 0 Å². The Morgan fingerprint density at radius 2 is 1.05 bits per heavy atom. The lowest BCUT2D eigenvalue weighted by molar-refractivity contribution is -0.292. The molecule has 0 saturated carbocycles. The Morgan fingerprint density at radius 3 is 1.45 bits per heavy atom. The molecule has 0 aromatic rings. The summed E-state index contributed by atoms with van der Waals surface area (Å²) in [6.45, 7) is 7.61. The number of carbonyl (C=O) groups is 4. The summed E-state index contributed by atoms with van der Waals surface area (Å²) in [5, 5.41) is 44.6. The lowest BCUT2D eigenvalue weighted by atomic mass is 9.79. The number of aliphatic hydroxyl groups is 3. The van der Waals surface area contributed by atoms with E-state index in [9.17, 15) is 34.5 Å². The van der Waals surface area contributed by atoms with Gasteiger partial charge in [-0.05, 0) is 25.2 Å². The molecule has 1 fully saturated rings. The van der Waals surface area contributed by atoms with Crippen molar-refractivity contribution < 1.29 is 44.3 Å². The van der Waals surface area contributed by atoms with Crippen molar-refractivity contribution in [3.05, 3.63) is 0 Å². The molecule has 12 nitrogen and oxygen atoms in total. The molecule has 1 saturated heterocycles. The van der Waals surface area contributed by atoms with Gasteiger partial charge in [-0.15, -0.1) is 0 Å². The van der Waals surface area contributed by atoms with Gasteiger partial charge in [-0.1, -0.05) is 188 Å². The van der Waals surface area contributed by atoms with Crippen LogP contribution in [0.25, 0.3) is 0 Å². The number of hydrogen-bond acceptors (Lipinski definition) is 9. The number of nitrogens with two attached hydrogens (primary N) is 1. The van der Waals surface area contributed by atoms with Crippen molar-refractivity contribution in [2.75, 3.05) is 13.2 Å². The van der Waals surface area contributed by atoms with Crippen molar-refractivity contribution >= 4 is 23.6 Å². The molecule has 0 unspecified atom stereocenters. The molecule has 60 heavy (non-hydrogen) atoms. The molecule has 0 aliphatic carbocycles. The largest absolute Gasteiger partial charge is 0.481 e. The maximum absolute atomic E-state index is 14.5. The normalized spacial score (nSPS) is 20.9. The smallest absolute Gasteiger partial charge is 0.303 e. The quantitative estimate of drug-likeness (QED) is 0.0256. The summed E-state index contributed by atoms with van der Waals surface area (Å²) in [5.41, 5.74) is 7.05. The van der Waals surface area contributed by atoms with Crippen molar-refractivity contribution in [2.24, 2.45) is 17.6 Å². The third kappa shape index (κ3) is 23.4. The first-order valence-electron chi connectivity index (χ1n) is 24.6. The highest BCUT2D eigenvalue weighted by atomic mass is 16.6. The maximum atomic E-state index is 14.5. The van der Waals surface area contributed by atoms with Gasteiger partial charge in [0.2, 0.25) is 17.7 Å². The van der Waals surface area contributed by atoms with E-state index in [2.05, 4.69) is 19.2 Å². The molecule has 0 bridgehead atoms. The molecule has 352 valence electrons. The van der Waals surface area contributed by atoms with E-state index in [1.54, 1.807) is 0 Å². The standard InChI is InChI=1S/C48H91N3O9/c1-5-7-9-11-13-15-17-18-19-20-21-23-25-27-29-31-35-51(42(54)32-30-28-26-24-22-16-14-12-10-8-6-2)48(49)44(47(59)46(58)40(37-52)60-48)45(57)39(36-38(3)4)50-41(53)33-34-43(55)56/h38-40,44,46-47,52,58-59H,5-37,49H2,1-4H3,(H,50,53)(H,55,56)/t39-,40+,44+,46+,47+,48-/m0/s1. The van der Waals surface area contributed by atoms with Crippen LogP contribution in [-0.2, 0) is 23.9 Å². The molecule has 6 atom stereocenters. The Labute approximate surface area is 364 Å². The third-order valence-corrected chi connectivity index (χ3v) is 12.2. The second-order valence-electron chi connectivity index (χ2n) is 18.2. The number of amides is 2. The Bertz CT molecular complexity index is 1140. The van der Waals surface area contributed by atoms with E-state index in [4.69, 9.17) is 15.6 Å². The van der Waals surface area contributed by atoms with Crippen LogP contribution in [0.1, 0.15) is 227 Å². The van der Waals surface area contributed by atoms with E-state index in [-0.39, 0.29) is 37.6 Å². The number of aliphatic carboxylic acids is 1. The van der Waals surface area contributed by atoms with Gasteiger partial charge in [0.25, 0.3) is 0 Å². The summed E-state index contributed by atoms with van der Waals surface area (Å²) >= 11 is 0. The lowest BCUT2D eigenvalue weighted by Crippen LogP contribution is -2.76. The summed E-state index contributed by atoms with van der Waals surface area (Å²) in [7, 11) is 0. The minimum Gasteiger partial charge on any atom is -0.481 e. The van der Waals surface area contributed by atoms with Crippen molar-refractivity contribution in [1.82, 2.24) is 10.2 Å². The lowest BCUT2D eigenvalue weighted by Gasteiger charge is -2.53. The van der Waals surface area contributed by atoms with Crippen LogP contribution < -0.4 is 11.1 Å². The number of ketones is 1. The second-order valence-corrected chi connectivity index (χ2v) is 18.2. The SMILES string of the molecule is CCCCCCCCCCCCCCCCCCN(C(=O)CCCCCCCCCCCCC)[C@]1(N)O[C@H](CO)[C@@H](O)[C@H](O)[C@H]1C(=O)[C@H](CC(C)C)NC(=O)CCC(=O)O. The van der Waals surface area contributed by atoms with E-state index >= 15 is 0 Å². The fraction of sp³-hybridized carbons (Fsp3) is 0.917. The Hall–Kier alpha value is -2.12. The number of aliphatic hydroxyl groups excluding tert-OH is 3. The predicted molar refractivity (Wildman–Crippen MR) is 240 cm³/mol. The van der Waals surface area contributed by atoms with Crippen molar-refractivity contribution in [1.29, 1.82) is 0 Å². The molecule has 2 amide bonds. The summed E-state index contributed by atoms with van der Waals surface area (Å²) < 4.78 is 6.16. The summed E-state index contributed by atoms with van der Waals surface area (Å²) in [6, 6.07) is -1.20. The van der Waals surface area contributed by atoms with E-state index in [1.807, 2.05) is 13.8 Å². The van der Waals surface area contributed by atoms with Gasteiger partial charge >= 0.3 is 5.97 Å². The molecule has 1 aliphatic rings. The first-order valence-corrected chi connectivity index (χ1v) is 24.6. The van der Waals surface area contributed by atoms with Gasteiger partial charge in [0.05, 0.1) is 25.2 Å². The molecule has 0 spiro atoms. The molecule has 0 aromatic carbocycles. The molecule has 12 heteroatoms. The third-order valence-electron chi connectivity index (χ3n) is 12.2. The van der Waals surface area contributed by atoms with Gasteiger partial charge in [0.15, 0.2) is 5.78 Å². The van der Waals surface area contributed by atoms with Gasteiger partial charge in [-0.2, -0.15) is 0 Å². The van der Waals surface area contributed by atoms with E-state index in [1.165, 1.54) is 120 Å². The van der Waals surface area contributed by atoms with Crippen LogP contribution in [0.4, 0.5) is 0 Å². The highest BCUT2D eigenvalue weighted by molar-refractivity contribution is 5.93. The Balaban J connectivity index is 3.04. The van der Waals surface area contributed by atoms with Crippen LogP contribution in [-0.4, -0.2) is 92.2 Å². The molecule has 1 heterocycles. The highest BCUT2D eigenvalue weighted by Crippen LogP contribution is 2.37. The number of unbranched alkanes of at least 4 members (excludes halogenated alkanes) is 25. The van der Waals surface area contributed by atoms with Crippen LogP contribution in [0.15, 0.2) is 0 Å². The number of nitrogens with one attached hydrogen (secondary N) is 1. The van der Waals surface area contributed by atoms with Crippen LogP contribution in [0.2, 0.25) is 0 Å².